The van der Waals surface area contributed by atoms with Gasteiger partial charge in [-0.15, -0.1) is 0 Å². The molecule has 0 saturated heterocycles. The summed E-state index contributed by atoms with van der Waals surface area (Å²) < 4.78 is 10.8. The predicted octanol–water partition coefficient (Wildman–Crippen LogP) is 3.58. The van der Waals surface area contributed by atoms with Gasteiger partial charge in [0.15, 0.2) is 16.9 Å². The Labute approximate surface area is 184 Å². The molecule has 0 bridgehead atoms. The van der Waals surface area contributed by atoms with Crippen molar-refractivity contribution in [2.45, 2.75) is 11.5 Å². The number of benzene rings is 3. The standard InChI is InChI=1S/C25H20N2O5/c1-30-19-13-12-16(14-20(19)31-2)22-25(17-10-6-7-11-18(17)26-24(25)29)23(32-27-22)21(28)15-8-4-3-5-9-15/h3-14,23H,1-2H3,(H,26,29)/t23-,25-/m1/s1. The minimum atomic E-state index is -1.44. The largest absolute Gasteiger partial charge is 0.493 e. The maximum absolute atomic E-state index is 13.6. The fourth-order valence-corrected chi connectivity index (χ4v) is 4.42. The molecule has 0 radical (unpaired) electrons. The molecule has 0 unspecified atom stereocenters. The normalized spacial score (nSPS) is 20.9. The Bertz CT molecular complexity index is 1250. The van der Waals surface area contributed by atoms with Crippen LogP contribution in [0.5, 0.6) is 11.5 Å². The van der Waals surface area contributed by atoms with Gasteiger partial charge in [-0.05, 0) is 24.3 Å². The summed E-state index contributed by atoms with van der Waals surface area (Å²) in [6, 6.07) is 21.3. The SMILES string of the molecule is COc1ccc(C2=NO[C@H](C(=O)c3ccccc3)[C@]23C(=O)Nc2ccccc23)cc1OC. The van der Waals surface area contributed by atoms with Crippen molar-refractivity contribution in [3.8, 4) is 11.5 Å². The number of amides is 1. The van der Waals surface area contributed by atoms with E-state index < -0.39 is 11.5 Å². The molecule has 5 rings (SSSR count). The molecular formula is C25H20N2O5. The molecule has 1 spiro atoms. The van der Waals surface area contributed by atoms with E-state index in [4.69, 9.17) is 14.3 Å². The van der Waals surface area contributed by atoms with Crippen molar-refractivity contribution < 1.29 is 23.9 Å². The van der Waals surface area contributed by atoms with Gasteiger partial charge in [0.05, 0.1) is 14.2 Å². The first-order valence-electron chi connectivity index (χ1n) is 10.1. The van der Waals surface area contributed by atoms with Crippen LogP contribution in [-0.4, -0.2) is 37.7 Å². The van der Waals surface area contributed by atoms with Crippen LogP contribution in [0.3, 0.4) is 0 Å². The third-order valence-corrected chi connectivity index (χ3v) is 5.93. The van der Waals surface area contributed by atoms with Gasteiger partial charge >= 0.3 is 0 Å². The summed E-state index contributed by atoms with van der Waals surface area (Å²) in [6.45, 7) is 0. The minimum Gasteiger partial charge on any atom is -0.493 e. The van der Waals surface area contributed by atoms with E-state index >= 15 is 0 Å². The number of Topliss-reactive ketones (excluding diaryl/α,β-unsaturated/α-hetero) is 1. The van der Waals surface area contributed by atoms with Gasteiger partial charge in [0.2, 0.25) is 17.8 Å². The molecule has 160 valence electrons. The molecule has 2 atom stereocenters. The van der Waals surface area contributed by atoms with E-state index in [1.165, 1.54) is 7.11 Å². The van der Waals surface area contributed by atoms with Crippen molar-refractivity contribution in [3.63, 3.8) is 0 Å². The summed E-state index contributed by atoms with van der Waals surface area (Å²) in [4.78, 5) is 32.9. The number of ether oxygens (including phenoxy) is 2. The van der Waals surface area contributed by atoms with Crippen LogP contribution in [0, 0.1) is 0 Å². The lowest BCUT2D eigenvalue weighted by molar-refractivity contribution is -0.120. The molecular weight excluding hydrogens is 408 g/mol. The molecule has 7 heteroatoms. The number of methoxy groups -OCH3 is 2. The number of nitrogens with one attached hydrogen (secondary N) is 1. The maximum atomic E-state index is 13.6. The van der Waals surface area contributed by atoms with Crippen LogP contribution < -0.4 is 14.8 Å². The zero-order chi connectivity index (χ0) is 22.3. The van der Waals surface area contributed by atoms with Gasteiger partial charge < -0.3 is 19.6 Å². The van der Waals surface area contributed by atoms with E-state index in [9.17, 15) is 9.59 Å². The van der Waals surface area contributed by atoms with Crippen LogP contribution in [0.1, 0.15) is 21.5 Å². The number of para-hydroxylation sites is 1. The number of carbonyl (C=O) groups excluding carboxylic acids is 2. The fourth-order valence-electron chi connectivity index (χ4n) is 4.42. The molecule has 2 aliphatic heterocycles. The second kappa shape index (κ2) is 7.53. The lowest BCUT2D eigenvalue weighted by Gasteiger charge is -2.27. The topological polar surface area (TPSA) is 86.2 Å². The zero-order valence-corrected chi connectivity index (χ0v) is 17.5. The number of hydrogen-bond donors (Lipinski definition) is 1. The average Bonchev–Trinajstić information content (AvgIpc) is 3.38. The first kappa shape index (κ1) is 19.8. The van der Waals surface area contributed by atoms with Crippen molar-refractivity contribution in [3.05, 3.63) is 89.5 Å². The number of hydrogen-bond acceptors (Lipinski definition) is 6. The van der Waals surface area contributed by atoms with E-state index in [0.717, 1.165) is 0 Å². The summed E-state index contributed by atoms with van der Waals surface area (Å²) in [5.41, 5.74) is 1.21. The van der Waals surface area contributed by atoms with E-state index in [1.807, 2.05) is 24.3 Å². The summed E-state index contributed by atoms with van der Waals surface area (Å²) >= 11 is 0. The van der Waals surface area contributed by atoms with Gasteiger partial charge in [-0.25, -0.2) is 0 Å². The number of oxime groups is 1. The molecule has 32 heavy (non-hydrogen) atoms. The number of nitrogens with zero attached hydrogens (tertiary/aromatic N) is 1. The van der Waals surface area contributed by atoms with Crippen LogP contribution in [0.2, 0.25) is 0 Å². The Kier molecular flexibility index (Phi) is 4.66. The van der Waals surface area contributed by atoms with Crippen LogP contribution in [0.4, 0.5) is 5.69 Å². The van der Waals surface area contributed by atoms with Crippen molar-refractivity contribution in [1.82, 2.24) is 0 Å². The molecule has 3 aromatic carbocycles. The van der Waals surface area contributed by atoms with Gasteiger partial charge in [0.1, 0.15) is 5.71 Å². The summed E-state index contributed by atoms with van der Waals surface area (Å²) in [7, 11) is 3.08. The first-order valence-corrected chi connectivity index (χ1v) is 10.1. The Morgan fingerprint density at radius 2 is 1.69 bits per heavy atom. The zero-order valence-electron chi connectivity index (χ0n) is 17.5. The second-order valence-corrected chi connectivity index (χ2v) is 7.53. The van der Waals surface area contributed by atoms with E-state index in [1.54, 1.807) is 55.6 Å². The molecule has 2 aliphatic rings. The molecule has 1 N–H and O–H groups in total. The minimum absolute atomic E-state index is 0.323. The lowest BCUT2D eigenvalue weighted by Crippen LogP contribution is -2.52. The highest BCUT2D eigenvalue weighted by atomic mass is 16.6. The van der Waals surface area contributed by atoms with Crippen LogP contribution in [0.15, 0.2) is 78.0 Å². The molecule has 3 aromatic rings. The Morgan fingerprint density at radius 1 is 0.969 bits per heavy atom. The highest BCUT2D eigenvalue weighted by molar-refractivity contribution is 6.31. The molecule has 0 aliphatic carbocycles. The Morgan fingerprint density at radius 3 is 2.44 bits per heavy atom. The van der Waals surface area contributed by atoms with Crippen molar-refractivity contribution in [2.75, 3.05) is 19.5 Å². The van der Waals surface area contributed by atoms with E-state index in [0.29, 0.717) is 39.6 Å². The van der Waals surface area contributed by atoms with E-state index in [2.05, 4.69) is 10.5 Å². The Hall–Kier alpha value is -4.13. The number of anilines is 1. The van der Waals surface area contributed by atoms with E-state index in [-0.39, 0.29) is 11.7 Å². The van der Waals surface area contributed by atoms with Gasteiger partial charge in [-0.3, -0.25) is 9.59 Å². The maximum Gasteiger partial charge on any atom is 0.245 e. The summed E-state index contributed by atoms with van der Waals surface area (Å²) in [5.74, 6) is 0.334. The molecule has 0 aromatic heterocycles. The number of carbonyl (C=O) groups is 2. The van der Waals surface area contributed by atoms with Crippen LogP contribution in [-0.2, 0) is 15.0 Å². The Balaban J connectivity index is 1.71. The van der Waals surface area contributed by atoms with Crippen LogP contribution in [0.25, 0.3) is 0 Å². The van der Waals surface area contributed by atoms with Crippen LogP contribution >= 0.6 is 0 Å². The quantitative estimate of drug-likeness (QED) is 0.628. The van der Waals surface area contributed by atoms with Crippen molar-refractivity contribution in [2.24, 2.45) is 5.16 Å². The molecule has 0 saturated carbocycles. The number of fused-ring (bicyclic) bond motifs is 2. The molecule has 1 amide bonds. The molecule has 2 heterocycles. The second-order valence-electron chi connectivity index (χ2n) is 7.53. The average molecular weight is 428 g/mol. The lowest BCUT2D eigenvalue weighted by atomic mass is 9.69. The monoisotopic (exact) mass is 428 g/mol. The third kappa shape index (κ3) is 2.71. The summed E-state index contributed by atoms with van der Waals surface area (Å²) in [6.07, 6.45) is -1.16. The highest BCUT2D eigenvalue weighted by Gasteiger charge is 2.64. The van der Waals surface area contributed by atoms with Crippen molar-refractivity contribution in [1.29, 1.82) is 0 Å². The smallest absolute Gasteiger partial charge is 0.245 e. The first-order chi connectivity index (χ1) is 15.6. The van der Waals surface area contributed by atoms with Gasteiger partial charge in [0.25, 0.3) is 0 Å². The van der Waals surface area contributed by atoms with Gasteiger partial charge in [0, 0.05) is 22.4 Å². The molecule has 0 fully saturated rings. The van der Waals surface area contributed by atoms with Crippen molar-refractivity contribution >= 4 is 23.1 Å². The highest BCUT2D eigenvalue weighted by Crippen LogP contribution is 2.48. The van der Waals surface area contributed by atoms with Gasteiger partial charge in [-0.2, -0.15) is 0 Å². The molecule has 7 nitrogen and oxygen atoms in total. The predicted molar refractivity (Wildman–Crippen MR) is 118 cm³/mol. The fraction of sp³-hybridized carbons (Fsp3) is 0.160. The third-order valence-electron chi connectivity index (χ3n) is 5.93. The number of rotatable bonds is 5. The number of ketones is 1. The van der Waals surface area contributed by atoms with Gasteiger partial charge in [-0.1, -0.05) is 53.7 Å². The summed E-state index contributed by atoms with van der Waals surface area (Å²) in [5, 5.41) is 7.20.